The zero-order chi connectivity index (χ0) is 22.2. The van der Waals surface area contributed by atoms with Crippen molar-refractivity contribution < 1.29 is 4.74 Å². The summed E-state index contributed by atoms with van der Waals surface area (Å²) in [5.41, 5.74) is 2.38. The fourth-order valence-corrected chi connectivity index (χ4v) is 4.01. The number of ether oxygens (including phenoxy) is 1. The van der Waals surface area contributed by atoms with Gasteiger partial charge in [-0.3, -0.25) is 9.67 Å². The van der Waals surface area contributed by atoms with Crippen molar-refractivity contribution in [2.75, 3.05) is 52.3 Å². The normalized spacial score (nSPS) is 17.6. The maximum absolute atomic E-state index is 5.40. The van der Waals surface area contributed by atoms with E-state index in [0.717, 1.165) is 44.2 Å². The number of benzene rings is 1. The number of aryl methyl sites for hydroxylation is 1. The van der Waals surface area contributed by atoms with Gasteiger partial charge in [-0.2, -0.15) is 5.10 Å². The number of halogens is 1. The van der Waals surface area contributed by atoms with Crippen molar-refractivity contribution in [3.05, 3.63) is 42.2 Å². The molecule has 9 heteroatoms. The zero-order valence-electron chi connectivity index (χ0n) is 19.9. The van der Waals surface area contributed by atoms with Gasteiger partial charge in [-0.05, 0) is 46.0 Å². The van der Waals surface area contributed by atoms with Gasteiger partial charge in [0.25, 0.3) is 0 Å². The summed E-state index contributed by atoms with van der Waals surface area (Å²) in [4.78, 5) is 9.53. The number of nitrogens with zero attached hydrogens (tertiary/aromatic N) is 5. The van der Waals surface area contributed by atoms with E-state index in [2.05, 4.69) is 70.9 Å². The maximum atomic E-state index is 5.40. The number of methoxy groups -OCH3 is 1. The number of anilines is 1. The third-order valence-electron chi connectivity index (χ3n) is 5.68. The second-order valence-electron chi connectivity index (χ2n) is 8.28. The maximum Gasteiger partial charge on any atom is 0.191 e. The molecule has 1 aromatic carbocycles. The second-order valence-corrected chi connectivity index (χ2v) is 8.28. The first-order chi connectivity index (χ1) is 15.0. The molecule has 0 radical (unpaired) electrons. The molecule has 1 fully saturated rings. The number of nitrogens with one attached hydrogen (secondary N) is 2. The van der Waals surface area contributed by atoms with Gasteiger partial charge in [-0.15, -0.1) is 24.0 Å². The standard InChI is InChI=1S/C23H37N7O.HI/c1-6-24-23(25-15-22(28(2)3)18-14-26-29(4)16-18)27-19-9-8-12-30(17-19)20-10-7-11-21(13-20)31-5;/h7,10-11,13-14,16,19,22H,6,8-9,12,15,17H2,1-5H3,(H2,24,25,27);1H. The van der Waals surface area contributed by atoms with Crippen molar-refractivity contribution in [2.24, 2.45) is 12.0 Å². The molecular weight excluding hydrogens is 517 g/mol. The third-order valence-corrected chi connectivity index (χ3v) is 5.68. The first-order valence-electron chi connectivity index (χ1n) is 11.1. The van der Waals surface area contributed by atoms with Gasteiger partial charge in [0.2, 0.25) is 0 Å². The van der Waals surface area contributed by atoms with Crippen LogP contribution in [0.5, 0.6) is 5.75 Å². The molecule has 2 atom stereocenters. The lowest BCUT2D eigenvalue weighted by atomic mass is 10.0. The molecule has 8 nitrogen and oxygen atoms in total. The molecule has 0 bridgehead atoms. The van der Waals surface area contributed by atoms with Crippen molar-refractivity contribution >= 4 is 35.6 Å². The predicted octanol–water partition coefficient (Wildman–Crippen LogP) is 2.87. The molecular formula is C23H38IN7O. The van der Waals surface area contributed by atoms with Crippen LogP contribution in [0.15, 0.2) is 41.7 Å². The first-order valence-corrected chi connectivity index (χ1v) is 11.1. The van der Waals surface area contributed by atoms with E-state index < -0.39 is 0 Å². The van der Waals surface area contributed by atoms with Crippen LogP contribution >= 0.6 is 24.0 Å². The van der Waals surface area contributed by atoms with Crippen LogP contribution in [-0.2, 0) is 7.05 Å². The largest absolute Gasteiger partial charge is 0.497 e. The minimum Gasteiger partial charge on any atom is -0.497 e. The Morgan fingerprint density at radius 1 is 1.38 bits per heavy atom. The highest BCUT2D eigenvalue weighted by molar-refractivity contribution is 14.0. The summed E-state index contributed by atoms with van der Waals surface area (Å²) in [6, 6.07) is 8.83. The van der Waals surface area contributed by atoms with Crippen molar-refractivity contribution in [1.29, 1.82) is 0 Å². The Bertz CT molecular complexity index is 854. The summed E-state index contributed by atoms with van der Waals surface area (Å²) < 4.78 is 7.24. The van der Waals surface area contributed by atoms with Gasteiger partial charge in [0, 0.05) is 56.2 Å². The smallest absolute Gasteiger partial charge is 0.191 e. The topological polar surface area (TPSA) is 70.0 Å². The number of hydrogen-bond acceptors (Lipinski definition) is 5. The molecule has 1 saturated heterocycles. The fraction of sp³-hybridized carbons (Fsp3) is 0.565. The molecule has 32 heavy (non-hydrogen) atoms. The molecule has 2 heterocycles. The van der Waals surface area contributed by atoms with Gasteiger partial charge in [0.15, 0.2) is 5.96 Å². The monoisotopic (exact) mass is 555 g/mol. The van der Waals surface area contributed by atoms with Crippen molar-refractivity contribution in [2.45, 2.75) is 31.8 Å². The molecule has 2 N–H and O–H groups in total. The summed E-state index contributed by atoms with van der Waals surface area (Å²) in [7, 11) is 7.83. The number of hydrogen-bond donors (Lipinski definition) is 2. The van der Waals surface area contributed by atoms with Crippen molar-refractivity contribution in [1.82, 2.24) is 25.3 Å². The Morgan fingerprint density at radius 3 is 2.84 bits per heavy atom. The average molecular weight is 556 g/mol. The summed E-state index contributed by atoms with van der Waals surface area (Å²) in [5, 5.41) is 11.4. The Morgan fingerprint density at radius 2 is 2.19 bits per heavy atom. The minimum atomic E-state index is 0. The second kappa shape index (κ2) is 12.9. The number of likely N-dealkylation sites (N-methyl/N-ethyl adjacent to an activating group) is 1. The Hall–Kier alpha value is -2.01. The fourth-order valence-electron chi connectivity index (χ4n) is 4.01. The Labute approximate surface area is 209 Å². The number of aliphatic imine (C=N–C) groups is 1. The number of piperidine rings is 1. The van der Waals surface area contributed by atoms with Crippen LogP contribution in [-0.4, -0.2) is 74.1 Å². The van der Waals surface area contributed by atoms with E-state index in [0.29, 0.717) is 12.6 Å². The zero-order valence-corrected chi connectivity index (χ0v) is 22.2. The third kappa shape index (κ3) is 7.26. The van der Waals surface area contributed by atoms with E-state index in [1.165, 1.54) is 11.3 Å². The molecule has 2 unspecified atom stereocenters. The van der Waals surface area contributed by atoms with Crippen LogP contribution in [0.2, 0.25) is 0 Å². The molecule has 1 aliphatic rings. The molecule has 1 aliphatic heterocycles. The summed E-state index contributed by atoms with van der Waals surface area (Å²) >= 11 is 0. The van der Waals surface area contributed by atoms with Crippen LogP contribution in [0.3, 0.4) is 0 Å². The average Bonchev–Trinajstić information content (AvgIpc) is 3.19. The quantitative estimate of drug-likeness (QED) is 0.297. The van der Waals surface area contributed by atoms with E-state index in [1.54, 1.807) is 7.11 Å². The predicted molar refractivity (Wildman–Crippen MR) is 142 cm³/mol. The van der Waals surface area contributed by atoms with Crippen molar-refractivity contribution in [3.8, 4) is 5.75 Å². The highest BCUT2D eigenvalue weighted by Crippen LogP contribution is 2.24. The molecule has 178 valence electrons. The van der Waals surface area contributed by atoms with E-state index >= 15 is 0 Å². The van der Waals surface area contributed by atoms with Crippen LogP contribution < -0.4 is 20.3 Å². The van der Waals surface area contributed by atoms with Crippen LogP contribution in [0.25, 0.3) is 0 Å². The molecule has 0 aliphatic carbocycles. The van der Waals surface area contributed by atoms with Gasteiger partial charge < -0.3 is 25.2 Å². The molecule has 1 aromatic heterocycles. The first kappa shape index (κ1) is 26.2. The van der Waals surface area contributed by atoms with E-state index in [1.807, 2.05) is 24.0 Å². The molecule has 0 saturated carbocycles. The molecule has 3 rings (SSSR count). The van der Waals surface area contributed by atoms with Gasteiger partial charge in [0.1, 0.15) is 5.75 Å². The highest BCUT2D eigenvalue weighted by Gasteiger charge is 2.22. The SMILES string of the molecule is CCNC(=NCC(c1cnn(C)c1)N(C)C)NC1CCCN(c2cccc(OC)c2)C1.I. The van der Waals surface area contributed by atoms with E-state index in [9.17, 15) is 0 Å². The summed E-state index contributed by atoms with van der Waals surface area (Å²) in [6.07, 6.45) is 6.26. The minimum absolute atomic E-state index is 0. The molecule has 0 amide bonds. The van der Waals surface area contributed by atoms with Crippen LogP contribution in [0.4, 0.5) is 5.69 Å². The van der Waals surface area contributed by atoms with Crippen LogP contribution in [0, 0.1) is 0 Å². The number of rotatable bonds is 8. The van der Waals surface area contributed by atoms with Gasteiger partial charge in [0.05, 0.1) is 25.9 Å². The Balaban J connectivity index is 0.00000363. The summed E-state index contributed by atoms with van der Waals surface area (Å²) in [6.45, 7) is 5.60. The highest BCUT2D eigenvalue weighted by atomic mass is 127. The lowest BCUT2D eigenvalue weighted by molar-refractivity contribution is 0.306. The number of guanidine groups is 1. The molecule has 2 aromatic rings. The van der Waals surface area contributed by atoms with Gasteiger partial charge in [-0.1, -0.05) is 6.07 Å². The summed E-state index contributed by atoms with van der Waals surface area (Å²) in [5.74, 6) is 1.77. The number of aromatic nitrogens is 2. The Kier molecular flexibility index (Phi) is 10.6. The lowest BCUT2D eigenvalue weighted by Crippen LogP contribution is -2.51. The molecule has 0 spiro atoms. The van der Waals surface area contributed by atoms with E-state index in [-0.39, 0.29) is 30.0 Å². The van der Waals surface area contributed by atoms with Gasteiger partial charge in [-0.25, -0.2) is 0 Å². The van der Waals surface area contributed by atoms with Crippen LogP contribution in [0.1, 0.15) is 31.4 Å². The van der Waals surface area contributed by atoms with Crippen molar-refractivity contribution in [3.63, 3.8) is 0 Å². The lowest BCUT2D eigenvalue weighted by Gasteiger charge is -2.35. The van der Waals surface area contributed by atoms with E-state index in [4.69, 9.17) is 9.73 Å². The van der Waals surface area contributed by atoms with Gasteiger partial charge >= 0.3 is 0 Å².